The van der Waals surface area contributed by atoms with Crippen LogP contribution in [-0.2, 0) is 0 Å². The second kappa shape index (κ2) is 6.99. The van der Waals surface area contributed by atoms with Gasteiger partial charge in [-0.3, -0.25) is 0 Å². The molecule has 0 radical (unpaired) electrons. The maximum atomic E-state index is 5.88. The van der Waals surface area contributed by atoms with E-state index in [4.69, 9.17) is 11.6 Å². The third kappa shape index (κ3) is 4.27. The zero-order valence-electron chi connectivity index (χ0n) is 11.2. The molecule has 0 heterocycles. The van der Waals surface area contributed by atoms with E-state index < -0.39 is 0 Å². The maximum Gasteiger partial charge on any atom is 0.0406 e. The maximum absolute atomic E-state index is 5.88. The first-order valence-corrected chi connectivity index (χ1v) is 7.65. The Morgan fingerprint density at radius 3 is 2.05 bits per heavy atom. The molecule has 3 heteroatoms. The normalized spacial score (nSPS) is 12.4. The van der Waals surface area contributed by atoms with Crippen molar-refractivity contribution in [3.8, 4) is 0 Å². The van der Waals surface area contributed by atoms with Crippen molar-refractivity contribution in [3.05, 3.63) is 59.1 Å². The van der Waals surface area contributed by atoms with Crippen LogP contribution < -0.4 is 5.32 Å². The minimum absolute atomic E-state index is 0.402. The molecule has 1 nitrogen and oxygen atoms in total. The van der Waals surface area contributed by atoms with Crippen molar-refractivity contribution in [3.63, 3.8) is 0 Å². The van der Waals surface area contributed by atoms with E-state index in [0.29, 0.717) is 6.04 Å². The lowest BCUT2D eigenvalue weighted by Crippen LogP contribution is -2.17. The molecule has 0 aliphatic heterocycles. The minimum Gasteiger partial charge on any atom is -0.310 e. The minimum atomic E-state index is 0.402. The fourth-order valence-corrected chi connectivity index (χ4v) is 2.83. The number of rotatable bonds is 5. The molecule has 0 bridgehead atoms. The van der Waals surface area contributed by atoms with Crippen LogP contribution in [0.5, 0.6) is 0 Å². The molecule has 2 aromatic rings. The molecule has 1 atom stereocenters. The lowest BCUT2D eigenvalue weighted by molar-refractivity contribution is 0.598. The van der Waals surface area contributed by atoms with Crippen LogP contribution in [0.15, 0.2) is 58.3 Å². The molecule has 0 fully saturated rings. The average molecular weight is 292 g/mol. The summed E-state index contributed by atoms with van der Waals surface area (Å²) in [6.07, 6.45) is 0. The fourth-order valence-electron chi connectivity index (χ4n) is 1.89. The number of hydrogen-bond acceptors (Lipinski definition) is 2. The molecule has 0 aliphatic carbocycles. The van der Waals surface area contributed by atoms with Gasteiger partial charge in [0.05, 0.1) is 0 Å². The summed E-state index contributed by atoms with van der Waals surface area (Å²) in [5.74, 6) is 0. The number of halogens is 1. The summed E-state index contributed by atoms with van der Waals surface area (Å²) < 4.78 is 0. The van der Waals surface area contributed by atoms with E-state index in [2.05, 4.69) is 43.4 Å². The predicted octanol–water partition coefficient (Wildman–Crippen LogP) is 5.16. The van der Waals surface area contributed by atoms with Crippen LogP contribution in [0.1, 0.15) is 25.5 Å². The monoisotopic (exact) mass is 291 g/mol. The van der Waals surface area contributed by atoms with Gasteiger partial charge in [0.15, 0.2) is 0 Å². The molecule has 0 aromatic heterocycles. The summed E-state index contributed by atoms with van der Waals surface area (Å²) in [7, 11) is 0. The van der Waals surface area contributed by atoms with E-state index >= 15 is 0 Å². The van der Waals surface area contributed by atoms with E-state index in [1.807, 2.05) is 24.3 Å². The highest BCUT2D eigenvalue weighted by Gasteiger charge is 2.03. The van der Waals surface area contributed by atoms with Gasteiger partial charge in [-0.25, -0.2) is 0 Å². The standard InChI is InChI=1S/C16H18ClNS/c1-3-18-12(2)13-4-8-15(9-5-13)19-16-10-6-14(17)7-11-16/h4-12,18H,3H2,1-2H3. The van der Waals surface area contributed by atoms with Crippen LogP contribution in [0.4, 0.5) is 0 Å². The van der Waals surface area contributed by atoms with Crippen LogP contribution in [0.25, 0.3) is 0 Å². The van der Waals surface area contributed by atoms with Gasteiger partial charge in [-0.1, -0.05) is 42.4 Å². The molecule has 19 heavy (non-hydrogen) atoms. The van der Waals surface area contributed by atoms with Gasteiger partial charge < -0.3 is 5.32 Å². The molecule has 0 saturated carbocycles. The molecule has 100 valence electrons. The van der Waals surface area contributed by atoms with Crippen molar-refractivity contribution in [2.24, 2.45) is 0 Å². The van der Waals surface area contributed by atoms with Gasteiger partial charge in [-0.2, -0.15) is 0 Å². The van der Waals surface area contributed by atoms with Crippen molar-refractivity contribution in [2.45, 2.75) is 29.7 Å². The summed E-state index contributed by atoms with van der Waals surface area (Å²) in [5.41, 5.74) is 1.32. The van der Waals surface area contributed by atoms with Gasteiger partial charge >= 0.3 is 0 Å². The summed E-state index contributed by atoms with van der Waals surface area (Å²) in [5, 5.41) is 4.19. The topological polar surface area (TPSA) is 12.0 Å². The van der Waals surface area contributed by atoms with E-state index in [0.717, 1.165) is 11.6 Å². The average Bonchev–Trinajstić information content (AvgIpc) is 2.42. The molecular formula is C16H18ClNS. The number of hydrogen-bond donors (Lipinski definition) is 1. The van der Waals surface area contributed by atoms with Crippen molar-refractivity contribution < 1.29 is 0 Å². The lowest BCUT2D eigenvalue weighted by atomic mass is 10.1. The molecule has 2 aromatic carbocycles. The second-order valence-corrected chi connectivity index (χ2v) is 5.99. The van der Waals surface area contributed by atoms with Gasteiger partial charge in [-0.05, 0) is 55.4 Å². The quantitative estimate of drug-likeness (QED) is 0.816. The Kier molecular flexibility index (Phi) is 5.32. The predicted molar refractivity (Wildman–Crippen MR) is 84.1 cm³/mol. The zero-order chi connectivity index (χ0) is 13.7. The Labute approximate surface area is 124 Å². The SMILES string of the molecule is CCNC(C)c1ccc(Sc2ccc(Cl)cc2)cc1. The van der Waals surface area contributed by atoms with Gasteiger partial charge in [-0.15, -0.1) is 0 Å². The van der Waals surface area contributed by atoms with E-state index in [1.54, 1.807) is 11.8 Å². The van der Waals surface area contributed by atoms with Crippen LogP contribution in [0.3, 0.4) is 0 Å². The Morgan fingerprint density at radius 2 is 1.53 bits per heavy atom. The van der Waals surface area contributed by atoms with Crippen LogP contribution >= 0.6 is 23.4 Å². The Morgan fingerprint density at radius 1 is 1.00 bits per heavy atom. The molecular weight excluding hydrogens is 274 g/mol. The number of nitrogens with one attached hydrogen (secondary N) is 1. The van der Waals surface area contributed by atoms with E-state index in [-0.39, 0.29) is 0 Å². The highest BCUT2D eigenvalue weighted by atomic mass is 35.5. The van der Waals surface area contributed by atoms with Crippen LogP contribution in [0, 0.1) is 0 Å². The zero-order valence-corrected chi connectivity index (χ0v) is 12.8. The molecule has 1 N–H and O–H groups in total. The Hall–Kier alpha value is -0.960. The summed E-state index contributed by atoms with van der Waals surface area (Å²) >= 11 is 7.63. The second-order valence-electron chi connectivity index (χ2n) is 4.40. The van der Waals surface area contributed by atoms with E-state index in [1.165, 1.54) is 15.4 Å². The number of benzene rings is 2. The highest BCUT2D eigenvalue weighted by molar-refractivity contribution is 7.99. The highest BCUT2D eigenvalue weighted by Crippen LogP contribution is 2.29. The third-order valence-electron chi connectivity index (χ3n) is 2.94. The molecule has 2 rings (SSSR count). The van der Waals surface area contributed by atoms with E-state index in [9.17, 15) is 0 Å². The first-order valence-electron chi connectivity index (χ1n) is 6.46. The van der Waals surface area contributed by atoms with Crippen molar-refractivity contribution >= 4 is 23.4 Å². The molecule has 1 unspecified atom stereocenters. The van der Waals surface area contributed by atoms with Crippen LogP contribution in [-0.4, -0.2) is 6.54 Å². The van der Waals surface area contributed by atoms with Gasteiger partial charge in [0.1, 0.15) is 0 Å². The lowest BCUT2D eigenvalue weighted by Gasteiger charge is -2.13. The molecule has 0 spiro atoms. The molecule has 0 amide bonds. The van der Waals surface area contributed by atoms with Gasteiger partial charge in [0.25, 0.3) is 0 Å². The molecule has 0 saturated heterocycles. The van der Waals surface area contributed by atoms with Gasteiger partial charge in [0, 0.05) is 20.9 Å². The van der Waals surface area contributed by atoms with Crippen molar-refractivity contribution in [1.29, 1.82) is 0 Å². The first-order chi connectivity index (χ1) is 9.19. The Bertz CT molecular complexity index is 507. The van der Waals surface area contributed by atoms with Crippen molar-refractivity contribution in [2.75, 3.05) is 6.54 Å². The van der Waals surface area contributed by atoms with Crippen LogP contribution in [0.2, 0.25) is 5.02 Å². The molecule has 0 aliphatic rings. The van der Waals surface area contributed by atoms with Crippen molar-refractivity contribution in [1.82, 2.24) is 5.32 Å². The third-order valence-corrected chi connectivity index (χ3v) is 4.21. The summed E-state index contributed by atoms with van der Waals surface area (Å²) in [6, 6.07) is 17.0. The smallest absolute Gasteiger partial charge is 0.0406 e. The summed E-state index contributed by atoms with van der Waals surface area (Å²) in [6.45, 7) is 5.30. The largest absolute Gasteiger partial charge is 0.310 e. The first kappa shape index (κ1) is 14.4. The van der Waals surface area contributed by atoms with Gasteiger partial charge in [0.2, 0.25) is 0 Å². The summed E-state index contributed by atoms with van der Waals surface area (Å²) in [4.78, 5) is 2.45. The fraction of sp³-hybridized carbons (Fsp3) is 0.250. The Balaban J connectivity index is 2.04.